The van der Waals surface area contributed by atoms with Crippen molar-refractivity contribution in [2.45, 2.75) is 30.7 Å². The van der Waals surface area contributed by atoms with E-state index in [1.54, 1.807) is 30.3 Å². The maximum Gasteiger partial charge on any atom is 0.430 e. The van der Waals surface area contributed by atoms with E-state index in [2.05, 4.69) is 5.73 Å². The third kappa shape index (κ3) is 6.10. The summed E-state index contributed by atoms with van der Waals surface area (Å²) in [4.78, 5) is 32.8. The molecule has 0 radical (unpaired) electrons. The second-order valence-electron chi connectivity index (χ2n) is 5.59. The monoisotopic (exact) mass is 389 g/mol. The van der Waals surface area contributed by atoms with Crippen molar-refractivity contribution in [2.24, 2.45) is 0 Å². The number of ether oxygens (including phenoxy) is 2. The number of carboxylic acids is 1. The highest BCUT2D eigenvalue weighted by Crippen LogP contribution is 2.24. The molecule has 0 fully saturated rings. The van der Waals surface area contributed by atoms with Gasteiger partial charge in [0.15, 0.2) is 6.10 Å². The molecule has 7 nitrogen and oxygen atoms in total. The Hall–Kier alpha value is -2.88. The zero-order valence-electron chi connectivity index (χ0n) is 14.3. The molecule has 0 aromatic heterocycles. The van der Waals surface area contributed by atoms with Crippen LogP contribution in [0.15, 0.2) is 42.5 Å². The van der Waals surface area contributed by atoms with E-state index in [-0.39, 0.29) is 0 Å². The normalized spacial score (nSPS) is 21.4. The molecule has 1 aliphatic rings. The summed E-state index contributed by atoms with van der Waals surface area (Å²) in [5, 5.41) is 8.78. The van der Waals surface area contributed by atoms with Crippen molar-refractivity contribution in [3.63, 3.8) is 0 Å². The number of carbonyl (C=O) groups excluding carboxylic acids is 3. The molecule has 0 spiro atoms. The van der Waals surface area contributed by atoms with Crippen molar-refractivity contribution >= 4 is 17.9 Å². The van der Waals surface area contributed by atoms with Crippen LogP contribution in [0, 0.1) is 0 Å². The third-order valence-electron chi connectivity index (χ3n) is 3.68. The van der Waals surface area contributed by atoms with Gasteiger partial charge in [-0.1, -0.05) is 24.3 Å². The van der Waals surface area contributed by atoms with Crippen LogP contribution in [0.3, 0.4) is 0 Å². The molecular formula is C17H18F3NO6. The number of allylic oxidation sites excluding steroid dienone is 1. The van der Waals surface area contributed by atoms with Crippen molar-refractivity contribution in [3.8, 4) is 0 Å². The summed E-state index contributed by atoms with van der Waals surface area (Å²) < 4.78 is 41.8. The lowest BCUT2D eigenvalue weighted by atomic mass is 9.84. The van der Waals surface area contributed by atoms with E-state index in [0.717, 1.165) is 0 Å². The van der Waals surface area contributed by atoms with Crippen LogP contribution in [0.2, 0.25) is 0 Å². The van der Waals surface area contributed by atoms with Crippen molar-refractivity contribution < 1.29 is 47.9 Å². The van der Waals surface area contributed by atoms with Gasteiger partial charge in [-0.05, 0) is 24.6 Å². The van der Waals surface area contributed by atoms with Gasteiger partial charge in [-0.2, -0.15) is 13.2 Å². The van der Waals surface area contributed by atoms with E-state index < -0.39 is 35.7 Å². The lowest BCUT2D eigenvalue weighted by Gasteiger charge is -2.31. The number of hydrogen-bond acceptors (Lipinski definition) is 6. The zero-order valence-corrected chi connectivity index (χ0v) is 14.3. The van der Waals surface area contributed by atoms with Crippen LogP contribution in [0.5, 0.6) is 0 Å². The topological polar surface area (TPSA) is 120 Å². The molecule has 1 aromatic rings. The number of carbonyl (C=O) groups is 3. The van der Waals surface area contributed by atoms with E-state index in [9.17, 15) is 22.8 Å². The Balaban J connectivity index is 0.000000445. The fraction of sp³-hybridized carbons (Fsp3) is 0.353. The number of benzene rings is 1. The quantitative estimate of drug-likeness (QED) is 0.575. The Labute approximate surface area is 152 Å². The minimum atomic E-state index is -5.19. The Morgan fingerprint density at radius 2 is 1.78 bits per heavy atom. The van der Waals surface area contributed by atoms with Crippen LogP contribution in [-0.4, -0.2) is 42.8 Å². The standard InChI is InChI=1S/C15H17NO4.C2HF3O2/c1-19-14(18)15(16)10-6-5-9-12(15)20-13(17)11-7-3-2-4-8-11;3-2(4,5)1(6)7/h2-5,7-9,12H,6,10,16H2,1H3;(H,6,7)/t12-,15+;/m0./s1. The molecule has 1 aliphatic carbocycles. The average Bonchev–Trinajstić information content (AvgIpc) is 2.63. The molecule has 0 unspecified atom stereocenters. The third-order valence-corrected chi connectivity index (χ3v) is 3.68. The highest BCUT2D eigenvalue weighted by atomic mass is 19.4. The van der Waals surface area contributed by atoms with Gasteiger partial charge >= 0.3 is 18.1 Å². The van der Waals surface area contributed by atoms with Crippen molar-refractivity contribution in [1.29, 1.82) is 0 Å². The number of carboxylic acid groups (broad SMARTS) is 1. The summed E-state index contributed by atoms with van der Waals surface area (Å²) in [7, 11) is 1.31. The Kier molecular flexibility index (Phi) is 7.53. The molecule has 0 saturated heterocycles. The van der Waals surface area contributed by atoms with E-state index in [4.69, 9.17) is 19.4 Å². The number of aliphatic carboxylic acids is 1. The fourth-order valence-corrected chi connectivity index (χ4v) is 2.22. The molecule has 0 aliphatic heterocycles. The molecule has 2 atom stereocenters. The molecule has 0 bridgehead atoms. The molecule has 10 heteroatoms. The Morgan fingerprint density at radius 1 is 1.22 bits per heavy atom. The highest BCUT2D eigenvalue weighted by molar-refractivity contribution is 5.90. The SMILES string of the molecule is COC(=O)[C@@]1([NH3+])CCC=C[C@@H]1OC(=O)c1ccccc1.O=C([O-])C(F)(F)F. The number of rotatable bonds is 3. The number of esters is 2. The lowest BCUT2D eigenvalue weighted by molar-refractivity contribution is -0.478. The molecule has 3 N–H and O–H groups in total. The predicted molar refractivity (Wildman–Crippen MR) is 82.7 cm³/mol. The van der Waals surface area contributed by atoms with Crippen LogP contribution in [0.4, 0.5) is 13.2 Å². The van der Waals surface area contributed by atoms with Crippen molar-refractivity contribution in [1.82, 2.24) is 0 Å². The second-order valence-corrected chi connectivity index (χ2v) is 5.59. The first-order valence-corrected chi connectivity index (χ1v) is 7.67. The average molecular weight is 389 g/mol. The van der Waals surface area contributed by atoms with E-state index in [1.165, 1.54) is 7.11 Å². The Morgan fingerprint density at radius 3 is 2.26 bits per heavy atom. The fourth-order valence-electron chi connectivity index (χ4n) is 2.22. The second kappa shape index (κ2) is 9.17. The van der Waals surface area contributed by atoms with Gasteiger partial charge in [0.1, 0.15) is 5.97 Å². The predicted octanol–water partition coefficient (Wildman–Crippen LogP) is 0.0143. The smallest absolute Gasteiger partial charge is 0.430 e. The summed E-state index contributed by atoms with van der Waals surface area (Å²) in [6.07, 6.45) is -1.12. The first-order valence-electron chi connectivity index (χ1n) is 7.67. The van der Waals surface area contributed by atoms with Crippen LogP contribution < -0.4 is 10.8 Å². The minimum absolute atomic E-state index is 0.443. The molecular weight excluding hydrogens is 371 g/mol. The van der Waals surface area contributed by atoms with Crippen LogP contribution in [0.1, 0.15) is 23.2 Å². The van der Waals surface area contributed by atoms with Gasteiger partial charge in [-0.25, -0.2) is 9.59 Å². The van der Waals surface area contributed by atoms with Gasteiger partial charge < -0.3 is 25.1 Å². The highest BCUT2D eigenvalue weighted by Gasteiger charge is 2.49. The molecule has 2 rings (SSSR count). The summed E-state index contributed by atoms with van der Waals surface area (Å²) in [6.45, 7) is 0. The molecule has 0 heterocycles. The largest absolute Gasteiger partial charge is 0.542 e. The molecule has 0 amide bonds. The van der Waals surface area contributed by atoms with Crippen LogP contribution >= 0.6 is 0 Å². The Bertz CT molecular complexity index is 704. The zero-order chi connectivity index (χ0) is 20.7. The summed E-state index contributed by atoms with van der Waals surface area (Å²) in [5.41, 5.74) is 3.29. The summed E-state index contributed by atoms with van der Waals surface area (Å²) in [5.74, 6) is -3.95. The van der Waals surface area contributed by atoms with Gasteiger partial charge in [0.25, 0.3) is 0 Å². The first kappa shape index (κ1) is 22.2. The van der Waals surface area contributed by atoms with Gasteiger partial charge in [0, 0.05) is 6.42 Å². The number of quaternary nitrogens is 1. The van der Waals surface area contributed by atoms with Crippen LogP contribution in [-0.2, 0) is 19.1 Å². The number of methoxy groups -OCH3 is 1. The summed E-state index contributed by atoms with van der Waals surface area (Å²) >= 11 is 0. The molecule has 148 valence electrons. The van der Waals surface area contributed by atoms with E-state index >= 15 is 0 Å². The minimum Gasteiger partial charge on any atom is -0.542 e. The number of halogens is 3. The van der Waals surface area contributed by atoms with E-state index in [0.29, 0.717) is 18.4 Å². The van der Waals surface area contributed by atoms with Crippen molar-refractivity contribution in [2.75, 3.05) is 7.11 Å². The maximum atomic E-state index is 12.1. The molecule has 27 heavy (non-hydrogen) atoms. The number of alkyl halides is 3. The molecule has 1 aromatic carbocycles. The maximum absolute atomic E-state index is 12.1. The first-order chi connectivity index (χ1) is 12.5. The van der Waals surface area contributed by atoms with Gasteiger partial charge in [-0.15, -0.1) is 0 Å². The summed E-state index contributed by atoms with van der Waals surface area (Å²) in [6, 6.07) is 8.66. The van der Waals surface area contributed by atoms with Crippen molar-refractivity contribution in [3.05, 3.63) is 48.0 Å². The van der Waals surface area contributed by atoms with Gasteiger partial charge in [0.2, 0.25) is 5.54 Å². The van der Waals surface area contributed by atoms with Crippen LogP contribution in [0.25, 0.3) is 0 Å². The number of hydrogen-bond donors (Lipinski definition) is 1. The van der Waals surface area contributed by atoms with Gasteiger partial charge in [0.05, 0.1) is 12.7 Å². The van der Waals surface area contributed by atoms with Gasteiger partial charge in [-0.3, -0.25) is 0 Å². The van der Waals surface area contributed by atoms with E-state index in [1.807, 2.05) is 12.1 Å². The lowest BCUT2D eigenvalue weighted by Crippen LogP contribution is -2.82. The molecule has 0 saturated carbocycles.